The lowest BCUT2D eigenvalue weighted by atomic mass is 10.1. The van der Waals surface area contributed by atoms with Crippen molar-refractivity contribution in [3.63, 3.8) is 0 Å². The predicted octanol–water partition coefficient (Wildman–Crippen LogP) is 4.18. The van der Waals surface area contributed by atoms with Gasteiger partial charge in [0, 0.05) is 17.0 Å². The van der Waals surface area contributed by atoms with Gasteiger partial charge < -0.3 is 5.73 Å². The Bertz CT molecular complexity index is 1090. The third-order valence-electron chi connectivity index (χ3n) is 4.09. The van der Waals surface area contributed by atoms with Crippen LogP contribution in [-0.2, 0) is 0 Å². The number of hydrogen-bond donors (Lipinski definition) is 1. The molecule has 6 heteroatoms. The van der Waals surface area contributed by atoms with E-state index in [-0.39, 0.29) is 11.4 Å². The van der Waals surface area contributed by atoms with Gasteiger partial charge in [-0.3, -0.25) is 10.1 Å². The van der Waals surface area contributed by atoms with Crippen LogP contribution in [0.1, 0.15) is 0 Å². The van der Waals surface area contributed by atoms with Crippen LogP contribution in [0.4, 0.5) is 11.4 Å². The van der Waals surface area contributed by atoms with Crippen LogP contribution in [0.15, 0.2) is 72.8 Å². The molecule has 6 nitrogen and oxygen atoms in total. The number of benzene rings is 3. The van der Waals surface area contributed by atoms with Crippen molar-refractivity contribution in [1.29, 1.82) is 0 Å². The van der Waals surface area contributed by atoms with Crippen molar-refractivity contribution in [3.05, 3.63) is 82.9 Å². The lowest BCUT2D eigenvalue weighted by molar-refractivity contribution is -0.383. The van der Waals surface area contributed by atoms with Gasteiger partial charge in [-0.15, -0.1) is 0 Å². The number of nitrogen functional groups attached to an aromatic ring is 1. The largest absolute Gasteiger partial charge is 0.393 e. The standard InChI is InChI=1S/C19H14N4O2/c20-16-11-10-13(12-18(16)23(24)25)19-15-8-4-5-9-17(15)22(21-19)14-6-2-1-3-7-14/h1-12H,20H2. The molecule has 0 spiro atoms. The first-order chi connectivity index (χ1) is 12.1. The van der Waals surface area contributed by atoms with Crippen molar-refractivity contribution in [2.24, 2.45) is 0 Å². The van der Waals surface area contributed by atoms with Crippen LogP contribution in [0.3, 0.4) is 0 Å². The molecule has 0 fully saturated rings. The number of fused-ring (bicyclic) bond motifs is 1. The van der Waals surface area contributed by atoms with Crippen molar-refractivity contribution in [1.82, 2.24) is 9.78 Å². The molecule has 0 aliphatic rings. The molecule has 0 saturated carbocycles. The molecule has 0 aliphatic heterocycles. The highest BCUT2D eigenvalue weighted by Crippen LogP contribution is 2.33. The number of anilines is 1. The van der Waals surface area contributed by atoms with Crippen molar-refractivity contribution in [2.45, 2.75) is 0 Å². The van der Waals surface area contributed by atoms with Gasteiger partial charge in [0.25, 0.3) is 5.69 Å². The quantitative estimate of drug-likeness (QED) is 0.347. The highest BCUT2D eigenvalue weighted by molar-refractivity contribution is 5.95. The van der Waals surface area contributed by atoms with Crippen LogP contribution >= 0.6 is 0 Å². The smallest absolute Gasteiger partial charge is 0.292 e. The second kappa shape index (κ2) is 5.76. The Morgan fingerprint density at radius 3 is 2.44 bits per heavy atom. The van der Waals surface area contributed by atoms with Crippen molar-refractivity contribution < 1.29 is 4.92 Å². The lowest BCUT2D eigenvalue weighted by Gasteiger charge is -2.02. The summed E-state index contributed by atoms with van der Waals surface area (Å²) in [6, 6.07) is 22.3. The van der Waals surface area contributed by atoms with Gasteiger partial charge in [-0.05, 0) is 24.3 Å². The molecule has 0 unspecified atom stereocenters. The molecule has 0 bridgehead atoms. The summed E-state index contributed by atoms with van der Waals surface area (Å²) in [4.78, 5) is 10.7. The summed E-state index contributed by atoms with van der Waals surface area (Å²) in [6.07, 6.45) is 0. The molecule has 3 aromatic carbocycles. The maximum absolute atomic E-state index is 11.2. The van der Waals surface area contributed by atoms with Gasteiger partial charge in [0.15, 0.2) is 0 Å². The zero-order valence-electron chi connectivity index (χ0n) is 13.2. The molecule has 2 N–H and O–H groups in total. The van der Waals surface area contributed by atoms with E-state index >= 15 is 0 Å². The Morgan fingerprint density at radius 2 is 1.68 bits per heavy atom. The van der Waals surface area contributed by atoms with Crippen molar-refractivity contribution >= 4 is 22.3 Å². The Morgan fingerprint density at radius 1 is 0.960 bits per heavy atom. The SMILES string of the molecule is Nc1ccc(-c2nn(-c3ccccc3)c3ccccc23)cc1[N+](=O)[O-]. The number of aromatic nitrogens is 2. The third-order valence-corrected chi connectivity index (χ3v) is 4.09. The molecule has 1 heterocycles. The molecule has 1 aromatic heterocycles. The minimum absolute atomic E-state index is 0.115. The number of rotatable bonds is 3. The zero-order valence-corrected chi connectivity index (χ0v) is 13.2. The van der Waals surface area contributed by atoms with Crippen LogP contribution in [0.2, 0.25) is 0 Å². The first kappa shape index (κ1) is 14.9. The summed E-state index contributed by atoms with van der Waals surface area (Å²) in [5.74, 6) is 0. The Hall–Kier alpha value is -3.67. The Kier molecular flexibility index (Phi) is 3.43. The molecular formula is C19H14N4O2. The molecule has 0 atom stereocenters. The summed E-state index contributed by atoms with van der Waals surface area (Å²) in [7, 11) is 0. The van der Waals surface area contributed by atoms with E-state index in [0.717, 1.165) is 16.6 Å². The van der Waals surface area contributed by atoms with Crippen LogP contribution < -0.4 is 5.73 Å². The molecule has 25 heavy (non-hydrogen) atoms. The minimum atomic E-state index is -0.477. The van der Waals surface area contributed by atoms with E-state index < -0.39 is 4.92 Å². The second-order valence-corrected chi connectivity index (χ2v) is 5.64. The van der Waals surface area contributed by atoms with E-state index in [1.807, 2.05) is 59.3 Å². The van der Waals surface area contributed by atoms with Gasteiger partial charge in [-0.1, -0.05) is 42.5 Å². The van der Waals surface area contributed by atoms with Crippen LogP contribution in [0.25, 0.3) is 27.8 Å². The lowest BCUT2D eigenvalue weighted by Crippen LogP contribution is -1.97. The zero-order chi connectivity index (χ0) is 17.4. The van der Waals surface area contributed by atoms with E-state index in [2.05, 4.69) is 0 Å². The van der Waals surface area contributed by atoms with Gasteiger partial charge >= 0.3 is 0 Å². The monoisotopic (exact) mass is 330 g/mol. The van der Waals surface area contributed by atoms with Gasteiger partial charge in [0.1, 0.15) is 11.4 Å². The fourth-order valence-electron chi connectivity index (χ4n) is 2.89. The average molecular weight is 330 g/mol. The summed E-state index contributed by atoms with van der Waals surface area (Å²) in [5, 5.41) is 16.8. The van der Waals surface area contributed by atoms with E-state index in [1.54, 1.807) is 12.1 Å². The highest BCUT2D eigenvalue weighted by Gasteiger charge is 2.17. The summed E-state index contributed by atoms with van der Waals surface area (Å²) in [5.41, 5.74) is 8.94. The first-order valence-corrected chi connectivity index (χ1v) is 7.72. The molecule has 0 radical (unpaired) electrons. The number of para-hydroxylation sites is 2. The molecule has 4 aromatic rings. The number of nitro groups is 1. The number of nitrogens with zero attached hydrogens (tertiary/aromatic N) is 3. The van der Waals surface area contributed by atoms with Crippen LogP contribution in [-0.4, -0.2) is 14.7 Å². The van der Waals surface area contributed by atoms with Crippen molar-refractivity contribution in [2.75, 3.05) is 5.73 Å². The number of nitro benzene ring substituents is 1. The Balaban J connectivity index is 1.98. The molecule has 0 aliphatic carbocycles. The normalized spacial score (nSPS) is 10.9. The second-order valence-electron chi connectivity index (χ2n) is 5.64. The maximum Gasteiger partial charge on any atom is 0.292 e. The van der Waals surface area contributed by atoms with E-state index in [0.29, 0.717) is 11.3 Å². The van der Waals surface area contributed by atoms with Gasteiger partial charge in [-0.25, -0.2) is 4.68 Å². The van der Waals surface area contributed by atoms with E-state index in [1.165, 1.54) is 6.07 Å². The molecule has 122 valence electrons. The molecule has 0 saturated heterocycles. The third kappa shape index (κ3) is 2.49. The average Bonchev–Trinajstić information content (AvgIpc) is 3.02. The van der Waals surface area contributed by atoms with Gasteiger partial charge in [0.05, 0.1) is 16.1 Å². The fourth-order valence-corrected chi connectivity index (χ4v) is 2.89. The molecule has 0 amide bonds. The Labute approximate surface area is 143 Å². The summed E-state index contributed by atoms with van der Waals surface area (Å²) in [6.45, 7) is 0. The van der Waals surface area contributed by atoms with Crippen LogP contribution in [0.5, 0.6) is 0 Å². The first-order valence-electron chi connectivity index (χ1n) is 7.72. The fraction of sp³-hybridized carbons (Fsp3) is 0. The number of nitrogens with two attached hydrogens (primary N) is 1. The summed E-state index contributed by atoms with van der Waals surface area (Å²) >= 11 is 0. The highest BCUT2D eigenvalue weighted by atomic mass is 16.6. The van der Waals surface area contributed by atoms with Crippen LogP contribution in [0, 0.1) is 10.1 Å². The minimum Gasteiger partial charge on any atom is -0.393 e. The summed E-state index contributed by atoms with van der Waals surface area (Å²) < 4.78 is 1.84. The predicted molar refractivity (Wildman–Crippen MR) is 97.6 cm³/mol. The molecule has 4 rings (SSSR count). The van der Waals surface area contributed by atoms with Crippen molar-refractivity contribution in [3.8, 4) is 16.9 Å². The van der Waals surface area contributed by atoms with Gasteiger partial charge in [-0.2, -0.15) is 5.10 Å². The van der Waals surface area contributed by atoms with Gasteiger partial charge in [0.2, 0.25) is 0 Å². The van der Waals surface area contributed by atoms with E-state index in [4.69, 9.17) is 10.8 Å². The molecular weight excluding hydrogens is 316 g/mol. The topological polar surface area (TPSA) is 87.0 Å². The maximum atomic E-state index is 11.2. The number of hydrogen-bond acceptors (Lipinski definition) is 4. The van der Waals surface area contributed by atoms with E-state index in [9.17, 15) is 10.1 Å².